The number of nitrogens with zero attached hydrogens (tertiary/aromatic N) is 5. The van der Waals surface area contributed by atoms with E-state index < -0.39 is 10.0 Å². The minimum atomic E-state index is -3.86. The highest BCUT2D eigenvalue weighted by molar-refractivity contribution is 7.90. The van der Waals surface area contributed by atoms with Gasteiger partial charge in [-0.05, 0) is 39.0 Å². The van der Waals surface area contributed by atoms with Crippen LogP contribution in [-0.4, -0.2) is 52.5 Å². The largest absolute Gasteiger partial charge is 0.477 e. The van der Waals surface area contributed by atoms with Crippen molar-refractivity contribution in [3.63, 3.8) is 0 Å². The van der Waals surface area contributed by atoms with Crippen LogP contribution in [-0.2, 0) is 21.3 Å². The van der Waals surface area contributed by atoms with Crippen molar-refractivity contribution < 1.29 is 17.9 Å². The van der Waals surface area contributed by atoms with E-state index in [9.17, 15) is 8.42 Å². The Balaban J connectivity index is 1.78. The third kappa shape index (κ3) is 4.41. The maximum Gasteiger partial charge on any atom is 0.269 e. The Morgan fingerprint density at radius 3 is 2.55 bits per heavy atom. The first-order valence-corrected chi connectivity index (χ1v) is 11.9. The van der Waals surface area contributed by atoms with Gasteiger partial charge in [-0.3, -0.25) is 4.68 Å². The van der Waals surface area contributed by atoms with Crippen LogP contribution in [0.15, 0.2) is 47.6 Å². The Bertz CT molecular complexity index is 1380. The second-order valence-electron chi connectivity index (χ2n) is 7.44. The van der Waals surface area contributed by atoms with Crippen LogP contribution in [0.5, 0.6) is 5.88 Å². The number of aryl methyl sites for hydroxylation is 1. The smallest absolute Gasteiger partial charge is 0.269 e. The zero-order valence-corrected chi connectivity index (χ0v) is 19.8. The van der Waals surface area contributed by atoms with Gasteiger partial charge in [0.1, 0.15) is 0 Å². The average Bonchev–Trinajstić information content (AvgIpc) is 3.37. The van der Waals surface area contributed by atoms with Crippen molar-refractivity contribution in [3.05, 3.63) is 54.0 Å². The van der Waals surface area contributed by atoms with E-state index in [-0.39, 0.29) is 16.5 Å². The molecule has 0 saturated heterocycles. The highest BCUT2D eigenvalue weighted by Gasteiger charge is 2.23. The summed E-state index contributed by atoms with van der Waals surface area (Å²) in [7, 11) is -2.23. The van der Waals surface area contributed by atoms with E-state index in [1.165, 1.54) is 6.20 Å². The quantitative estimate of drug-likeness (QED) is 0.397. The van der Waals surface area contributed by atoms with Crippen LogP contribution in [0.25, 0.3) is 11.0 Å². The molecular weight excluding hydrogens is 444 g/mol. The molecule has 0 atom stereocenters. The first-order chi connectivity index (χ1) is 15.8. The van der Waals surface area contributed by atoms with Crippen molar-refractivity contribution >= 4 is 32.7 Å². The third-order valence-electron chi connectivity index (χ3n) is 5.19. The molecule has 0 unspecified atom stereocenters. The van der Waals surface area contributed by atoms with E-state index in [1.54, 1.807) is 48.3 Å². The molecule has 0 radical (unpaired) electrons. The van der Waals surface area contributed by atoms with Crippen molar-refractivity contribution in [3.8, 4) is 5.88 Å². The van der Waals surface area contributed by atoms with Crippen LogP contribution in [0.4, 0.5) is 11.6 Å². The molecular formula is C22H26N6O4S. The minimum Gasteiger partial charge on any atom is -0.477 e. The molecule has 3 aromatic heterocycles. The lowest BCUT2D eigenvalue weighted by atomic mass is 10.2. The van der Waals surface area contributed by atoms with E-state index in [4.69, 9.17) is 9.47 Å². The lowest BCUT2D eigenvalue weighted by Crippen LogP contribution is -2.13. The summed E-state index contributed by atoms with van der Waals surface area (Å²) in [5, 5.41) is 8.00. The molecule has 0 aliphatic rings. The Morgan fingerprint density at radius 2 is 1.85 bits per heavy atom. The molecule has 0 aliphatic heterocycles. The number of methoxy groups -OCH3 is 1. The summed E-state index contributed by atoms with van der Waals surface area (Å²) in [5.41, 5.74) is 2.77. The summed E-state index contributed by atoms with van der Waals surface area (Å²) >= 11 is 0. The predicted molar refractivity (Wildman–Crippen MR) is 125 cm³/mol. The highest BCUT2D eigenvalue weighted by atomic mass is 32.2. The summed E-state index contributed by atoms with van der Waals surface area (Å²) in [6.45, 7) is 7.16. The molecule has 1 aromatic carbocycles. The molecule has 10 nitrogen and oxygen atoms in total. The number of hydrogen-bond donors (Lipinski definition) is 1. The van der Waals surface area contributed by atoms with Crippen LogP contribution >= 0.6 is 0 Å². The third-order valence-corrected chi connectivity index (χ3v) is 6.87. The monoisotopic (exact) mass is 470 g/mol. The molecule has 174 valence electrons. The minimum absolute atomic E-state index is 0.173. The lowest BCUT2D eigenvalue weighted by Gasteiger charge is -2.11. The van der Waals surface area contributed by atoms with Gasteiger partial charge in [0, 0.05) is 13.3 Å². The van der Waals surface area contributed by atoms with Gasteiger partial charge in [-0.25, -0.2) is 12.4 Å². The van der Waals surface area contributed by atoms with E-state index in [0.29, 0.717) is 36.7 Å². The number of fused-ring (bicyclic) bond motifs is 1. The van der Waals surface area contributed by atoms with Gasteiger partial charge < -0.3 is 14.8 Å². The van der Waals surface area contributed by atoms with Crippen LogP contribution in [0, 0.1) is 13.8 Å². The first-order valence-electron chi connectivity index (χ1n) is 10.5. The first kappa shape index (κ1) is 22.7. The average molecular weight is 471 g/mol. The Labute approximate surface area is 192 Å². The molecule has 11 heteroatoms. The van der Waals surface area contributed by atoms with Crippen LogP contribution in [0.2, 0.25) is 0 Å². The van der Waals surface area contributed by atoms with E-state index in [2.05, 4.69) is 20.4 Å². The molecule has 0 fully saturated rings. The van der Waals surface area contributed by atoms with Gasteiger partial charge in [-0.15, -0.1) is 0 Å². The second-order valence-corrected chi connectivity index (χ2v) is 9.25. The molecule has 0 aliphatic carbocycles. The summed E-state index contributed by atoms with van der Waals surface area (Å²) in [6, 6.07) is 8.33. The van der Waals surface area contributed by atoms with Gasteiger partial charge in [-0.2, -0.15) is 15.1 Å². The maximum atomic E-state index is 13.3. The summed E-state index contributed by atoms with van der Waals surface area (Å²) in [5.74, 6) is 0.506. The van der Waals surface area contributed by atoms with E-state index in [1.807, 2.05) is 20.8 Å². The van der Waals surface area contributed by atoms with E-state index in [0.717, 1.165) is 15.2 Å². The number of nitrogens with one attached hydrogen (secondary N) is 1. The number of aromatic nitrogens is 5. The fraction of sp³-hybridized carbons (Fsp3) is 0.318. The zero-order chi connectivity index (χ0) is 23.6. The topological polar surface area (TPSA) is 113 Å². The summed E-state index contributed by atoms with van der Waals surface area (Å²) in [4.78, 5) is 9.15. The van der Waals surface area contributed by atoms with Crippen molar-refractivity contribution in [2.24, 2.45) is 0 Å². The number of benzene rings is 1. The normalized spacial score (nSPS) is 11.8. The Morgan fingerprint density at radius 1 is 1.09 bits per heavy atom. The molecule has 3 heterocycles. The molecule has 1 N–H and O–H groups in total. The van der Waals surface area contributed by atoms with Crippen LogP contribution in [0.3, 0.4) is 0 Å². The van der Waals surface area contributed by atoms with Gasteiger partial charge in [0.2, 0.25) is 11.8 Å². The van der Waals surface area contributed by atoms with Crippen molar-refractivity contribution in [1.29, 1.82) is 0 Å². The standard InChI is InChI=1S/C22H26N6O4S/c1-5-32-21-18-10-11-28(33(29,30)17-8-6-15(2)7-9-17)20(18)25-22(26-21)24-19-14-23-27(16(19)3)12-13-31-4/h6-11,14H,5,12-13H2,1-4H3,(H,24,25,26). The highest BCUT2D eigenvalue weighted by Crippen LogP contribution is 2.29. The number of rotatable bonds is 9. The fourth-order valence-electron chi connectivity index (χ4n) is 3.38. The number of hydrogen-bond acceptors (Lipinski definition) is 8. The fourth-order valence-corrected chi connectivity index (χ4v) is 4.67. The predicted octanol–water partition coefficient (Wildman–Crippen LogP) is 3.27. The molecule has 4 aromatic rings. The molecule has 0 bridgehead atoms. The van der Waals surface area contributed by atoms with Gasteiger partial charge >= 0.3 is 0 Å². The summed E-state index contributed by atoms with van der Waals surface area (Å²) < 4.78 is 40.4. The molecule has 0 spiro atoms. The van der Waals surface area contributed by atoms with Gasteiger partial charge in [0.05, 0.1) is 47.6 Å². The summed E-state index contributed by atoms with van der Waals surface area (Å²) in [6.07, 6.45) is 3.13. The molecule has 0 saturated carbocycles. The SMILES string of the molecule is CCOc1nc(Nc2cnn(CCOC)c2C)nc2c1ccn2S(=O)(=O)c1ccc(C)cc1. The van der Waals surface area contributed by atoms with Crippen molar-refractivity contribution in [2.45, 2.75) is 32.2 Å². The Kier molecular flexibility index (Phi) is 6.34. The van der Waals surface area contributed by atoms with E-state index >= 15 is 0 Å². The van der Waals surface area contributed by atoms with Gasteiger partial charge in [-0.1, -0.05) is 17.7 Å². The van der Waals surface area contributed by atoms with Gasteiger partial charge in [0.25, 0.3) is 10.0 Å². The molecule has 4 rings (SSSR count). The maximum absolute atomic E-state index is 13.3. The Hall–Kier alpha value is -3.44. The van der Waals surface area contributed by atoms with Crippen molar-refractivity contribution in [1.82, 2.24) is 23.7 Å². The van der Waals surface area contributed by atoms with Crippen LogP contribution in [0.1, 0.15) is 18.2 Å². The van der Waals surface area contributed by atoms with Crippen LogP contribution < -0.4 is 10.1 Å². The molecule has 33 heavy (non-hydrogen) atoms. The number of ether oxygens (including phenoxy) is 2. The molecule has 0 amide bonds. The van der Waals surface area contributed by atoms with Gasteiger partial charge in [0.15, 0.2) is 5.65 Å². The number of anilines is 2. The van der Waals surface area contributed by atoms with Crippen molar-refractivity contribution in [2.75, 3.05) is 25.6 Å². The zero-order valence-electron chi connectivity index (χ0n) is 18.9. The second kappa shape index (κ2) is 9.20. The lowest BCUT2D eigenvalue weighted by molar-refractivity contribution is 0.183.